The number of hydrogen-bond donors (Lipinski definition) is 0. The van der Waals surface area contributed by atoms with Crippen LogP contribution in [0.3, 0.4) is 0 Å². The van der Waals surface area contributed by atoms with Crippen molar-refractivity contribution >= 4 is 27.6 Å². The van der Waals surface area contributed by atoms with Crippen LogP contribution < -0.4 is 0 Å². The number of nitrogens with zero attached hydrogens (tertiary/aromatic N) is 6. The average molecular weight is 619 g/mol. The van der Waals surface area contributed by atoms with Crippen molar-refractivity contribution in [2.24, 2.45) is 5.41 Å². The Morgan fingerprint density at radius 3 is 2.40 bits per heavy atom. The third kappa shape index (κ3) is 5.70. The summed E-state index contributed by atoms with van der Waals surface area (Å²) in [5.74, 6) is 0.0892. The second kappa shape index (κ2) is 11.6. The molecule has 1 fully saturated rings. The van der Waals surface area contributed by atoms with Crippen molar-refractivity contribution in [3.63, 3.8) is 0 Å². The lowest BCUT2D eigenvalue weighted by Crippen LogP contribution is -2.50. The van der Waals surface area contributed by atoms with Gasteiger partial charge in [0.25, 0.3) is 5.17 Å². The molecular formula is C28H29F3N6O3S2. The number of aryl methyl sites for hydroxylation is 2. The summed E-state index contributed by atoms with van der Waals surface area (Å²) in [6.07, 6.45) is 1.23. The van der Waals surface area contributed by atoms with Crippen molar-refractivity contribution in [3.05, 3.63) is 90.7 Å². The summed E-state index contributed by atoms with van der Waals surface area (Å²) in [5.41, 5.74) is 0.214. The maximum atomic E-state index is 14.6. The first-order valence-electron chi connectivity index (χ1n) is 13.2. The highest BCUT2D eigenvalue weighted by Crippen LogP contribution is 2.61. The Labute approximate surface area is 247 Å². The Balaban J connectivity index is 1.50. The van der Waals surface area contributed by atoms with Gasteiger partial charge in [0.05, 0.1) is 5.69 Å². The summed E-state index contributed by atoms with van der Waals surface area (Å²) in [6, 6.07) is 13.3. The summed E-state index contributed by atoms with van der Waals surface area (Å²) >= 11 is 5.30. The Morgan fingerprint density at radius 1 is 1.12 bits per heavy atom. The number of hydrogen-bond acceptors (Lipinski definition) is 7. The zero-order valence-corrected chi connectivity index (χ0v) is 24.5. The Kier molecular flexibility index (Phi) is 8.23. The molecular weight excluding hydrogens is 589 g/mol. The molecule has 0 bridgehead atoms. The lowest BCUT2D eigenvalue weighted by atomic mass is 9.63. The molecule has 9 nitrogen and oxygen atoms in total. The van der Waals surface area contributed by atoms with E-state index in [0.29, 0.717) is 12.8 Å². The van der Waals surface area contributed by atoms with Crippen LogP contribution in [0.5, 0.6) is 0 Å². The number of halogens is 3. The number of rotatable bonds is 9. The quantitative estimate of drug-likeness (QED) is 0.238. The van der Waals surface area contributed by atoms with E-state index in [4.69, 9.17) is 17.0 Å². The molecule has 1 saturated carbocycles. The van der Waals surface area contributed by atoms with Gasteiger partial charge in [-0.3, -0.25) is 9.55 Å². The fourth-order valence-electron chi connectivity index (χ4n) is 4.96. The van der Waals surface area contributed by atoms with Crippen LogP contribution >= 0.6 is 12.2 Å². The highest BCUT2D eigenvalue weighted by atomic mass is 32.2. The van der Waals surface area contributed by atoms with Gasteiger partial charge in [0.1, 0.15) is 23.3 Å². The summed E-state index contributed by atoms with van der Waals surface area (Å²) < 4.78 is 79.3. The van der Waals surface area contributed by atoms with Crippen LogP contribution in [0.15, 0.2) is 73.6 Å². The number of ether oxygens (including phenoxy) is 1. The number of benzene rings is 1. The number of imidazole rings is 2. The largest absolute Gasteiger partial charge is 0.460 e. The van der Waals surface area contributed by atoms with E-state index in [1.165, 1.54) is 37.4 Å². The normalized spacial score (nSPS) is 15.8. The van der Waals surface area contributed by atoms with E-state index in [-0.39, 0.29) is 36.0 Å². The van der Waals surface area contributed by atoms with Crippen LogP contribution in [0.25, 0.3) is 11.3 Å². The van der Waals surface area contributed by atoms with E-state index in [2.05, 4.69) is 15.0 Å². The number of pyridine rings is 1. The molecule has 14 heteroatoms. The molecule has 1 unspecified atom stereocenters. The zero-order chi connectivity index (χ0) is 30.1. The summed E-state index contributed by atoms with van der Waals surface area (Å²) in [5, 5.41) is -0.243. The maximum absolute atomic E-state index is 14.6. The van der Waals surface area contributed by atoms with E-state index in [1.807, 2.05) is 42.5 Å². The molecule has 0 radical (unpaired) electrons. The lowest BCUT2D eigenvalue weighted by Gasteiger charge is -2.47. The SMILES string of the molecule is CN(C)S(=O)(=O)n1cc(C(OC(=S)n2ccnc2)C2(C(F)(F)F)CCC2)nc1CCc1ccc(-c2ccccn2)cc1. The summed E-state index contributed by atoms with van der Waals surface area (Å²) in [6.45, 7) is 0. The molecule has 4 aromatic rings. The standard InChI is InChI=1S/C28H29F3N6O3S2/c1-35(2)42(38,39)37-18-23(25(27(13-5-14-27)28(29,30)31)40-26(41)36-17-16-32-19-36)34-24(37)12-9-20-7-10-21(11-8-20)22-6-3-4-15-33-22/h3-4,6-8,10-11,15-19,25H,5,9,12-14H2,1-2H3. The Hall–Kier alpha value is -3.62. The fraction of sp³-hybridized carbons (Fsp3) is 0.357. The smallest absolute Gasteiger partial charge is 0.398 e. The topological polar surface area (TPSA) is 95.1 Å². The van der Waals surface area contributed by atoms with Crippen molar-refractivity contribution in [1.82, 2.24) is 27.8 Å². The van der Waals surface area contributed by atoms with Gasteiger partial charge in [-0.2, -0.15) is 25.9 Å². The second-order valence-electron chi connectivity index (χ2n) is 10.3. The molecule has 1 aliphatic rings. The van der Waals surface area contributed by atoms with Crippen molar-refractivity contribution in [2.75, 3.05) is 14.1 Å². The first-order valence-corrected chi connectivity index (χ1v) is 15.0. The van der Waals surface area contributed by atoms with Gasteiger partial charge in [0.15, 0.2) is 6.10 Å². The minimum atomic E-state index is -4.64. The third-order valence-corrected chi connectivity index (χ3v) is 9.58. The van der Waals surface area contributed by atoms with Gasteiger partial charge in [-0.05, 0) is 49.2 Å². The maximum Gasteiger partial charge on any atom is 0.398 e. The van der Waals surface area contributed by atoms with Crippen molar-refractivity contribution in [2.45, 2.75) is 44.4 Å². The highest BCUT2D eigenvalue weighted by Gasteiger charge is 2.65. The summed E-state index contributed by atoms with van der Waals surface area (Å²) in [7, 11) is -1.42. The van der Waals surface area contributed by atoms with Crippen LogP contribution in [0, 0.1) is 5.41 Å². The van der Waals surface area contributed by atoms with Crippen LogP contribution in [-0.2, 0) is 27.8 Å². The monoisotopic (exact) mass is 618 g/mol. The molecule has 5 rings (SSSR count). The van der Waals surface area contributed by atoms with Crippen LogP contribution in [0.1, 0.15) is 42.4 Å². The van der Waals surface area contributed by atoms with E-state index in [9.17, 15) is 21.6 Å². The molecule has 0 N–H and O–H groups in total. The average Bonchev–Trinajstić information content (AvgIpc) is 3.62. The molecule has 1 aromatic carbocycles. The van der Waals surface area contributed by atoms with E-state index >= 15 is 0 Å². The molecule has 0 aliphatic heterocycles. The van der Waals surface area contributed by atoms with E-state index < -0.39 is 27.9 Å². The second-order valence-corrected chi connectivity index (χ2v) is 12.7. The number of thiocarbonyl (C=S) groups is 1. The molecule has 1 aliphatic carbocycles. The van der Waals surface area contributed by atoms with Crippen molar-refractivity contribution in [1.29, 1.82) is 0 Å². The van der Waals surface area contributed by atoms with Crippen LogP contribution in [0.4, 0.5) is 13.2 Å². The molecule has 0 amide bonds. The molecule has 0 spiro atoms. The first kappa shape index (κ1) is 29.9. The lowest BCUT2D eigenvalue weighted by molar-refractivity contribution is -0.282. The van der Waals surface area contributed by atoms with Crippen LogP contribution in [-0.4, -0.2) is 61.7 Å². The molecule has 0 saturated heterocycles. The van der Waals surface area contributed by atoms with Crippen LogP contribution in [0.2, 0.25) is 0 Å². The zero-order valence-electron chi connectivity index (χ0n) is 22.9. The van der Waals surface area contributed by atoms with Gasteiger partial charge in [0.2, 0.25) is 0 Å². The van der Waals surface area contributed by atoms with Gasteiger partial charge in [-0.25, -0.2) is 13.9 Å². The first-order chi connectivity index (χ1) is 19.9. The van der Waals surface area contributed by atoms with Gasteiger partial charge in [-0.15, -0.1) is 0 Å². The third-order valence-electron chi connectivity index (χ3n) is 7.54. The minimum Gasteiger partial charge on any atom is -0.460 e. The Morgan fingerprint density at radius 2 is 1.86 bits per heavy atom. The van der Waals surface area contributed by atoms with Gasteiger partial charge in [0, 0.05) is 50.9 Å². The fourth-order valence-corrected chi connectivity index (χ4v) is 6.15. The summed E-state index contributed by atoms with van der Waals surface area (Å²) in [4.78, 5) is 12.7. The number of aromatic nitrogens is 5. The van der Waals surface area contributed by atoms with Gasteiger partial charge < -0.3 is 4.74 Å². The van der Waals surface area contributed by atoms with Gasteiger partial charge in [-0.1, -0.05) is 36.8 Å². The van der Waals surface area contributed by atoms with E-state index in [0.717, 1.165) is 31.3 Å². The van der Waals surface area contributed by atoms with Crippen molar-refractivity contribution < 1.29 is 26.3 Å². The van der Waals surface area contributed by atoms with E-state index in [1.54, 1.807) is 6.20 Å². The molecule has 222 valence electrons. The molecule has 3 aromatic heterocycles. The molecule has 1 atom stereocenters. The highest BCUT2D eigenvalue weighted by molar-refractivity contribution is 7.87. The molecule has 3 heterocycles. The molecule has 42 heavy (non-hydrogen) atoms. The Bertz CT molecular complexity index is 1630. The predicted octanol–water partition coefficient (Wildman–Crippen LogP) is 5.20. The predicted molar refractivity (Wildman–Crippen MR) is 154 cm³/mol. The van der Waals surface area contributed by atoms with Crippen molar-refractivity contribution in [3.8, 4) is 11.3 Å². The number of alkyl halides is 3. The van der Waals surface area contributed by atoms with Gasteiger partial charge >= 0.3 is 16.4 Å². The minimum absolute atomic E-state index is 0.0892.